The summed E-state index contributed by atoms with van der Waals surface area (Å²) in [7, 11) is 1.20. The average molecular weight is 896 g/mol. The van der Waals surface area contributed by atoms with Crippen molar-refractivity contribution < 1.29 is 37.7 Å². The summed E-state index contributed by atoms with van der Waals surface area (Å²) >= 11 is 0. The van der Waals surface area contributed by atoms with Crippen molar-refractivity contribution in [3.63, 3.8) is 0 Å². The van der Waals surface area contributed by atoms with E-state index in [9.17, 15) is 25.0 Å². The quantitative estimate of drug-likeness (QED) is 0.0244. The maximum Gasteiger partial charge on any atom is 0.330 e. The zero-order valence-electron chi connectivity index (χ0n) is 37.0. The highest BCUT2D eigenvalue weighted by atomic mass is 31.2. The number of nitro benzene ring substituents is 1. The lowest BCUT2D eigenvalue weighted by atomic mass is 9.80. The van der Waals surface area contributed by atoms with Gasteiger partial charge in [-0.25, -0.2) is 9.46 Å². The SMILES string of the molecule is COc1ccc(C(OC[C@@]2(OCc3ccccc3[N+](=O)[O-])O[C@@H](n3cc(C)c(=O)[nH]c3=O)C[C@@H]2OP(OCCC#N)N(C(C)C)C(C)C)(c2ccccc2)c2ccc(OC)cc2)cc1. The fraction of sp³-hybridized carbons (Fsp3) is 0.383. The zero-order valence-corrected chi connectivity index (χ0v) is 37.9. The molecule has 0 amide bonds. The molecule has 0 saturated carbocycles. The third kappa shape index (κ3) is 10.4. The molecule has 0 spiro atoms. The molecule has 17 heteroatoms. The van der Waals surface area contributed by atoms with Crippen LogP contribution in [0.1, 0.15) is 74.6 Å². The van der Waals surface area contributed by atoms with Crippen molar-refractivity contribution in [1.29, 1.82) is 5.26 Å². The Morgan fingerprint density at radius 3 is 2.06 bits per heavy atom. The van der Waals surface area contributed by atoms with E-state index in [1.54, 1.807) is 39.3 Å². The predicted molar refractivity (Wildman–Crippen MR) is 240 cm³/mol. The van der Waals surface area contributed by atoms with Crippen molar-refractivity contribution in [3.05, 3.63) is 168 Å². The summed E-state index contributed by atoms with van der Waals surface area (Å²) in [6.45, 7) is 8.89. The molecule has 0 aliphatic carbocycles. The first-order valence-corrected chi connectivity index (χ1v) is 22.0. The van der Waals surface area contributed by atoms with Crippen molar-refractivity contribution in [1.82, 2.24) is 14.2 Å². The molecule has 1 aliphatic heterocycles. The van der Waals surface area contributed by atoms with Gasteiger partial charge in [0.2, 0.25) is 5.79 Å². The van der Waals surface area contributed by atoms with Crippen LogP contribution in [-0.4, -0.2) is 70.6 Å². The number of nitro groups is 1. The van der Waals surface area contributed by atoms with E-state index in [4.69, 9.17) is 32.7 Å². The molecular weight excluding hydrogens is 842 g/mol. The Morgan fingerprint density at radius 1 is 0.922 bits per heavy atom. The molecule has 1 aromatic heterocycles. The Hall–Kier alpha value is -5.76. The summed E-state index contributed by atoms with van der Waals surface area (Å²) in [5, 5.41) is 21.8. The van der Waals surface area contributed by atoms with Crippen LogP contribution in [0.15, 0.2) is 119 Å². The van der Waals surface area contributed by atoms with Crippen LogP contribution in [0, 0.1) is 28.4 Å². The van der Waals surface area contributed by atoms with Gasteiger partial charge in [-0.1, -0.05) is 66.7 Å². The number of H-pyrrole nitrogens is 1. The minimum Gasteiger partial charge on any atom is -0.497 e. The minimum absolute atomic E-state index is 0.0283. The predicted octanol–water partition coefficient (Wildman–Crippen LogP) is 8.27. The molecule has 2 heterocycles. The van der Waals surface area contributed by atoms with E-state index >= 15 is 0 Å². The number of nitrogens with one attached hydrogen (secondary N) is 1. The molecule has 5 aromatic rings. The van der Waals surface area contributed by atoms with Gasteiger partial charge >= 0.3 is 5.69 Å². The van der Waals surface area contributed by atoms with Gasteiger partial charge in [-0.05, 0) is 81.6 Å². The molecule has 6 rings (SSSR count). The first kappa shape index (κ1) is 47.7. The van der Waals surface area contributed by atoms with Gasteiger partial charge in [0.05, 0.1) is 50.4 Å². The molecule has 0 bridgehead atoms. The molecule has 338 valence electrons. The van der Waals surface area contributed by atoms with Gasteiger partial charge < -0.3 is 32.7 Å². The van der Waals surface area contributed by atoms with Crippen molar-refractivity contribution >= 4 is 14.2 Å². The number of rotatable bonds is 21. The first-order chi connectivity index (χ1) is 30.8. The smallest absolute Gasteiger partial charge is 0.330 e. The number of methoxy groups -OCH3 is 2. The summed E-state index contributed by atoms with van der Waals surface area (Å²) in [5.74, 6) is -0.715. The van der Waals surface area contributed by atoms with E-state index in [2.05, 4.69) is 11.1 Å². The normalized spacial score (nSPS) is 18.0. The summed E-state index contributed by atoms with van der Waals surface area (Å²) in [5.41, 5.74) is -0.242. The van der Waals surface area contributed by atoms with Gasteiger partial charge in [0, 0.05) is 36.3 Å². The standard InChI is InChI=1S/C47H54N5O11P/c1-32(2)51(33(3)4)64(61-27-13-26-48)63-42-28-43(50-29-34(5)44(53)49-45(50)54)62-46(42,59-30-35-14-11-12-17-41(35)52(55)56)31-60-47(36-15-9-8-10-16-36,37-18-22-39(57-6)23-19-37)38-20-24-40(58-7)25-21-38/h8-12,14-25,29,32-33,42-43H,13,27-28,30-31H2,1-7H3,(H,49,53,54)/t42-,43+,46+,64?/m0/s1. The number of aryl methyl sites for hydroxylation is 1. The Kier molecular flexibility index (Phi) is 15.9. The second kappa shape index (κ2) is 21.3. The van der Waals surface area contributed by atoms with Gasteiger partial charge in [-0.2, -0.15) is 5.26 Å². The third-order valence-electron chi connectivity index (χ3n) is 10.9. The minimum atomic E-state index is -1.97. The number of nitriles is 1. The lowest BCUT2D eigenvalue weighted by Gasteiger charge is -2.42. The van der Waals surface area contributed by atoms with Crippen molar-refractivity contribution in [3.8, 4) is 17.6 Å². The van der Waals surface area contributed by atoms with Crippen LogP contribution in [0.5, 0.6) is 11.5 Å². The molecule has 0 radical (unpaired) electrons. The molecule has 1 aliphatic rings. The highest BCUT2D eigenvalue weighted by molar-refractivity contribution is 7.44. The Bertz CT molecular complexity index is 2440. The topological polar surface area (TPSA) is 190 Å². The number of ether oxygens (including phenoxy) is 5. The lowest BCUT2D eigenvalue weighted by molar-refractivity contribution is -0.386. The van der Waals surface area contributed by atoms with Gasteiger partial charge in [0.15, 0.2) is 0 Å². The summed E-state index contributed by atoms with van der Waals surface area (Å²) in [4.78, 5) is 40.5. The highest BCUT2D eigenvalue weighted by Gasteiger charge is 2.56. The van der Waals surface area contributed by atoms with Crippen molar-refractivity contribution in [2.75, 3.05) is 27.4 Å². The average Bonchev–Trinajstić information content (AvgIpc) is 3.64. The maximum absolute atomic E-state index is 13.6. The number of nitrogens with zero attached hydrogens (tertiary/aromatic N) is 4. The number of hydrogen-bond acceptors (Lipinski definition) is 13. The number of hydrogen-bond donors (Lipinski definition) is 1. The van der Waals surface area contributed by atoms with Crippen LogP contribution in [0.3, 0.4) is 0 Å². The van der Waals surface area contributed by atoms with Gasteiger partial charge in [0.25, 0.3) is 19.8 Å². The van der Waals surface area contributed by atoms with Crippen LogP contribution in [-0.2, 0) is 35.5 Å². The monoisotopic (exact) mass is 895 g/mol. The molecule has 1 N–H and O–H groups in total. The third-order valence-corrected chi connectivity index (χ3v) is 13.0. The van der Waals surface area contributed by atoms with Crippen molar-refractivity contribution in [2.45, 2.75) is 89.9 Å². The summed E-state index contributed by atoms with van der Waals surface area (Å²) in [6.07, 6.45) is -0.746. The summed E-state index contributed by atoms with van der Waals surface area (Å²) < 4.78 is 49.2. The molecule has 1 saturated heterocycles. The van der Waals surface area contributed by atoms with Crippen molar-refractivity contribution in [2.24, 2.45) is 0 Å². The molecule has 64 heavy (non-hydrogen) atoms. The van der Waals surface area contributed by atoms with Crippen LogP contribution >= 0.6 is 8.53 Å². The molecule has 4 aromatic carbocycles. The first-order valence-electron chi connectivity index (χ1n) is 20.9. The van der Waals surface area contributed by atoms with Gasteiger partial charge in [-0.15, -0.1) is 0 Å². The van der Waals surface area contributed by atoms with E-state index in [0.29, 0.717) is 22.6 Å². The Labute approximate surface area is 373 Å². The van der Waals surface area contributed by atoms with E-state index in [0.717, 1.165) is 5.56 Å². The molecule has 1 unspecified atom stereocenters. The van der Waals surface area contributed by atoms with Crippen LogP contribution in [0.4, 0.5) is 5.69 Å². The molecule has 4 atom stereocenters. The largest absolute Gasteiger partial charge is 0.497 e. The van der Waals surface area contributed by atoms with E-state index in [-0.39, 0.29) is 55.0 Å². The number of aromatic nitrogens is 2. The number of para-hydroxylation sites is 1. The number of benzene rings is 4. The highest BCUT2D eigenvalue weighted by Crippen LogP contribution is 2.53. The fourth-order valence-corrected chi connectivity index (χ4v) is 9.57. The molecule has 16 nitrogen and oxygen atoms in total. The van der Waals surface area contributed by atoms with E-state index in [1.807, 2.05) is 111 Å². The fourth-order valence-electron chi connectivity index (χ4n) is 7.80. The van der Waals surface area contributed by atoms with Crippen LogP contribution in [0.2, 0.25) is 0 Å². The van der Waals surface area contributed by atoms with Gasteiger partial charge in [-0.3, -0.25) is 24.5 Å². The summed E-state index contributed by atoms with van der Waals surface area (Å²) in [6, 6.07) is 32.7. The molecular formula is C47H54N5O11P. The van der Waals surface area contributed by atoms with Gasteiger partial charge in [0.1, 0.15) is 36.0 Å². The molecule has 1 fully saturated rings. The van der Waals surface area contributed by atoms with Crippen LogP contribution in [0.25, 0.3) is 0 Å². The van der Waals surface area contributed by atoms with Crippen LogP contribution < -0.4 is 20.7 Å². The Balaban J connectivity index is 1.59. The number of aromatic amines is 1. The van der Waals surface area contributed by atoms with E-state index < -0.39 is 55.0 Å². The maximum atomic E-state index is 13.6. The zero-order chi connectivity index (χ0) is 46.0. The lowest BCUT2D eigenvalue weighted by Crippen LogP contribution is -2.50. The second-order valence-electron chi connectivity index (χ2n) is 15.7. The Morgan fingerprint density at radius 2 is 1.50 bits per heavy atom. The van der Waals surface area contributed by atoms with E-state index in [1.165, 1.54) is 16.8 Å². The second-order valence-corrected chi connectivity index (χ2v) is 17.1.